The summed E-state index contributed by atoms with van der Waals surface area (Å²) in [4.78, 5) is 2.44. The minimum absolute atomic E-state index is 0.569. The van der Waals surface area contributed by atoms with Crippen LogP contribution in [0.2, 0.25) is 0 Å². The molecule has 0 aromatic heterocycles. The summed E-state index contributed by atoms with van der Waals surface area (Å²) in [5.74, 6) is 1.70. The van der Waals surface area contributed by atoms with Crippen LogP contribution in [0.15, 0.2) is 18.2 Å². The molecule has 4 heteroatoms. The summed E-state index contributed by atoms with van der Waals surface area (Å²) in [5, 5.41) is 3.64. The Morgan fingerprint density at radius 2 is 1.90 bits per heavy atom. The maximum atomic E-state index is 5.37. The molecule has 0 radical (unpaired) electrons. The molecule has 1 aliphatic heterocycles. The van der Waals surface area contributed by atoms with Crippen molar-refractivity contribution in [1.29, 1.82) is 0 Å². The van der Waals surface area contributed by atoms with Gasteiger partial charge in [0.2, 0.25) is 0 Å². The first-order valence-electron chi connectivity index (χ1n) is 7.48. The fourth-order valence-electron chi connectivity index (χ4n) is 2.75. The highest BCUT2D eigenvalue weighted by Gasteiger charge is 2.18. The molecule has 20 heavy (non-hydrogen) atoms. The summed E-state index contributed by atoms with van der Waals surface area (Å²) in [5.41, 5.74) is 1.19. The van der Waals surface area contributed by atoms with Gasteiger partial charge in [0.15, 0.2) is 0 Å². The van der Waals surface area contributed by atoms with Crippen molar-refractivity contribution in [2.45, 2.75) is 32.2 Å². The average molecular weight is 278 g/mol. The van der Waals surface area contributed by atoms with Gasteiger partial charge in [-0.2, -0.15) is 0 Å². The first-order valence-corrected chi connectivity index (χ1v) is 7.48. The first kappa shape index (κ1) is 15.0. The molecule has 1 unspecified atom stereocenters. The fraction of sp³-hybridized carbons (Fsp3) is 0.625. The molecule has 1 fully saturated rings. The lowest BCUT2D eigenvalue weighted by molar-refractivity contribution is 0.394. The third-order valence-electron chi connectivity index (χ3n) is 3.82. The number of nitrogens with one attached hydrogen (secondary N) is 1. The third kappa shape index (κ3) is 3.79. The van der Waals surface area contributed by atoms with E-state index in [0.717, 1.165) is 31.1 Å². The van der Waals surface area contributed by atoms with Gasteiger partial charge < -0.3 is 19.7 Å². The lowest BCUT2D eigenvalue weighted by Crippen LogP contribution is -2.37. The van der Waals surface area contributed by atoms with E-state index in [9.17, 15) is 0 Å². The van der Waals surface area contributed by atoms with E-state index in [1.807, 2.05) is 6.07 Å². The fourth-order valence-corrected chi connectivity index (χ4v) is 2.75. The predicted molar refractivity (Wildman–Crippen MR) is 83.1 cm³/mol. The molecule has 1 aromatic rings. The van der Waals surface area contributed by atoms with Crippen molar-refractivity contribution >= 4 is 5.69 Å². The van der Waals surface area contributed by atoms with Crippen LogP contribution in [0.3, 0.4) is 0 Å². The van der Waals surface area contributed by atoms with Gasteiger partial charge in [0, 0.05) is 43.0 Å². The SMILES string of the molecule is CCCC1CN(c2cc(OC)cc(OC)c2)CCCN1. The molecule has 0 aliphatic carbocycles. The standard InChI is InChI=1S/C16H26N2O2/c1-4-6-13-12-18(8-5-7-17-13)14-9-15(19-2)11-16(10-14)20-3/h9-11,13,17H,4-8,12H2,1-3H3. The van der Waals surface area contributed by atoms with Crippen LogP contribution in [0.1, 0.15) is 26.2 Å². The highest BCUT2D eigenvalue weighted by molar-refractivity contribution is 5.56. The van der Waals surface area contributed by atoms with Crippen LogP contribution in [0.5, 0.6) is 11.5 Å². The van der Waals surface area contributed by atoms with Gasteiger partial charge in [0.1, 0.15) is 11.5 Å². The molecule has 4 nitrogen and oxygen atoms in total. The molecule has 112 valence electrons. The van der Waals surface area contributed by atoms with E-state index in [4.69, 9.17) is 9.47 Å². The number of hydrogen-bond acceptors (Lipinski definition) is 4. The average Bonchev–Trinajstić information content (AvgIpc) is 2.72. The summed E-state index contributed by atoms with van der Waals surface area (Å²) >= 11 is 0. The topological polar surface area (TPSA) is 33.7 Å². The van der Waals surface area contributed by atoms with Gasteiger partial charge in [-0.25, -0.2) is 0 Å². The number of nitrogens with zero attached hydrogens (tertiary/aromatic N) is 1. The van der Waals surface area contributed by atoms with Crippen molar-refractivity contribution < 1.29 is 9.47 Å². The lowest BCUT2D eigenvalue weighted by atomic mass is 10.1. The highest BCUT2D eigenvalue weighted by Crippen LogP contribution is 2.29. The summed E-state index contributed by atoms with van der Waals surface area (Å²) in [6.07, 6.45) is 3.60. The summed E-state index contributed by atoms with van der Waals surface area (Å²) in [6, 6.07) is 6.68. The Kier molecular flexibility index (Phi) is 5.53. The zero-order valence-corrected chi connectivity index (χ0v) is 12.8. The molecule has 1 atom stereocenters. The second-order valence-electron chi connectivity index (χ2n) is 5.31. The van der Waals surface area contributed by atoms with Crippen molar-refractivity contribution in [2.24, 2.45) is 0 Å². The maximum Gasteiger partial charge on any atom is 0.124 e. The van der Waals surface area contributed by atoms with Gasteiger partial charge in [0.05, 0.1) is 14.2 Å². The molecule has 1 aliphatic rings. The molecule has 2 rings (SSSR count). The molecule has 1 aromatic carbocycles. The second kappa shape index (κ2) is 7.39. The van der Waals surface area contributed by atoms with E-state index in [1.54, 1.807) is 14.2 Å². The van der Waals surface area contributed by atoms with Crippen LogP contribution >= 0.6 is 0 Å². The summed E-state index contributed by atoms with van der Waals surface area (Å²) in [7, 11) is 3.39. The van der Waals surface area contributed by atoms with E-state index in [0.29, 0.717) is 6.04 Å². The third-order valence-corrected chi connectivity index (χ3v) is 3.82. The van der Waals surface area contributed by atoms with Gasteiger partial charge >= 0.3 is 0 Å². The number of rotatable bonds is 5. The van der Waals surface area contributed by atoms with Crippen LogP contribution in [0.4, 0.5) is 5.69 Å². The van der Waals surface area contributed by atoms with Crippen LogP contribution < -0.4 is 19.7 Å². The zero-order valence-electron chi connectivity index (χ0n) is 12.8. The molecule has 0 saturated carbocycles. The number of ether oxygens (including phenoxy) is 2. The van der Waals surface area contributed by atoms with E-state index in [2.05, 4.69) is 29.3 Å². The van der Waals surface area contributed by atoms with Crippen molar-refractivity contribution in [3.8, 4) is 11.5 Å². The van der Waals surface area contributed by atoms with Crippen LogP contribution in [0.25, 0.3) is 0 Å². The summed E-state index contributed by atoms with van der Waals surface area (Å²) < 4.78 is 10.7. The van der Waals surface area contributed by atoms with Crippen molar-refractivity contribution in [2.75, 3.05) is 38.8 Å². The maximum absolute atomic E-state index is 5.37. The van der Waals surface area contributed by atoms with Gasteiger partial charge in [-0.3, -0.25) is 0 Å². The molecule has 0 bridgehead atoms. The Bertz CT molecular complexity index is 401. The molecule has 0 amide bonds. The van der Waals surface area contributed by atoms with Gasteiger partial charge in [-0.1, -0.05) is 13.3 Å². The molecular formula is C16H26N2O2. The Balaban J connectivity index is 2.19. The molecular weight excluding hydrogens is 252 g/mol. The van der Waals surface area contributed by atoms with Crippen LogP contribution in [-0.4, -0.2) is 39.9 Å². The largest absolute Gasteiger partial charge is 0.497 e. The van der Waals surface area contributed by atoms with Gasteiger partial charge in [-0.15, -0.1) is 0 Å². The van der Waals surface area contributed by atoms with Crippen molar-refractivity contribution in [3.63, 3.8) is 0 Å². The molecule has 1 saturated heterocycles. The predicted octanol–water partition coefficient (Wildman–Crippen LogP) is 2.67. The Hall–Kier alpha value is -1.42. The normalized spacial score (nSPS) is 19.6. The van der Waals surface area contributed by atoms with Crippen LogP contribution in [0, 0.1) is 0 Å². The first-order chi connectivity index (χ1) is 9.76. The van der Waals surface area contributed by atoms with Gasteiger partial charge in [-0.05, 0) is 19.4 Å². The number of methoxy groups -OCH3 is 2. The molecule has 1 N–H and O–H groups in total. The van der Waals surface area contributed by atoms with Crippen LogP contribution in [-0.2, 0) is 0 Å². The monoisotopic (exact) mass is 278 g/mol. The molecule has 0 spiro atoms. The Labute approximate surface area is 122 Å². The lowest BCUT2D eigenvalue weighted by Gasteiger charge is -2.27. The minimum atomic E-state index is 0.569. The number of hydrogen-bond donors (Lipinski definition) is 1. The quantitative estimate of drug-likeness (QED) is 0.898. The Morgan fingerprint density at radius 1 is 1.20 bits per heavy atom. The zero-order chi connectivity index (χ0) is 14.4. The van der Waals surface area contributed by atoms with E-state index in [1.165, 1.54) is 24.9 Å². The highest BCUT2D eigenvalue weighted by atomic mass is 16.5. The minimum Gasteiger partial charge on any atom is -0.497 e. The molecule has 1 heterocycles. The number of anilines is 1. The number of benzene rings is 1. The smallest absolute Gasteiger partial charge is 0.124 e. The van der Waals surface area contributed by atoms with Gasteiger partial charge in [0.25, 0.3) is 0 Å². The van der Waals surface area contributed by atoms with E-state index in [-0.39, 0.29) is 0 Å². The second-order valence-corrected chi connectivity index (χ2v) is 5.31. The van der Waals surface area contributed by atoms with E-state index >= 15 is 0 Å². The summed E-state index contributed by atoms with van der Waals surface area (Å²) in [6.45, 7) is 5.46. The Morgan fingerprint density at radius 3 is 2.50 bits per heavy atom. The van der Waals surface area contributed by atoms with Crippen molar-refractivity contribution in [1.82, 2.24) is 5.32 Å². The van der Waals surface area contributed by atoms with Crippen molar-refractivity contribution in [3.05, 3.63) is 18.2 Å². The van der Waals surface area contributed by atoms with E-state index < -0.39 is 0 Å².